The van der Waals surface area contributed by atoms with Gasteiger partial charge in [0.2, 0.25) is 0 Å². The Balaban J connectivity index is 1.44. The van der Waals surface area contributed by atoms with E-state index in [1.807, 2.05) is 42.5 Å². The molecule has 0 aliphatic rings. The van der Waals surface area contributed by atoms with Crippen LogP contribution >= 0.6 is 0 Å². The van der Waals surface area contributed by atoms with E-state index in [9.17, 15) is 14.7 Å². The second-order valence-corrected chi connectivity index (χ2v) is 7.98. The fourth-order valence-electron chi connectivity index (χ4n) is 3.85. The lowest BCUT2D eigenvalue weighted by Crippen LogP contribution is -2.17. The molecule has 0 saturated heterocycles. The van der Waals surface area contributed by atoms with E-state index in [-0.39, 0.29) is 16.9 Å². The number of phenolic OH excluding ortho intramolecular Hbond substituents is 1. The maximum atomic E-state index is 12.7. The Morgan fingerprint density at radius 2 is 1.61 bits per heavy atom. The number of nitrogens with zero attached hydrogens (tertiary/aromatic N) is 3. The fourth-order valence-corrected chi connectivity index (χ4v) is 3.85. The van der Waals surface area contributed by atoms with Gasteiger partial charge >= 0.3 is 5.97 Å². The molecule has 1 heterocycles. The second-order valence-electron chi connectivity index (χ2n) is 7.98. The van der Waals surface area contributed by atoms with E-state index in [0.717, 1.165) is 10.9 Å². The van der Waals surface area contributed by atoms with Crippen LogP contribution in [0, 0.1) is 0 Å². The quantitative estimate of drug-likeness (QED) is 0.239. The van der Waals surface area contributed by atoms with E-state index in [2.05, 4.69) is 15.6 Å². The van der Waals surface area contributed by atoms with Crippen molar-refractivity contribution >= 4 is 28.9 Å². The summed E-state index contributed by atoms with van der Waals surface area (Å²) in [5.41, 5.74) is 5.53. The Kier molecular flexibility index (Phi) is 5.98. The van der Waals surface area contributed by atoms with E-state index >= 15 is 0 Å². The Bertz CT molecular complexity index is 1610. The number of fused-ring (bicyclic) bond motifs is 1. The molecule has 1 amide bonds. The molecule has 0 radical (unpaired) electrons. The number of hydrazone groups is 1. The van der Waals surface area contributed by atoms with Crippen LogP contribution in [0.25, 0.3) is 27.7 Å². The van der Waals surface area contributed by atoms with Gasteiger partial charge in [0.1, 0.15) is 11.4 Å². The summed E-state index contributed by atoms with van der Waals surface area (Å²) in [6.07, 6.45) is 3.22. The number of carboxylic acids is 1. The minimum Gasteiger partial charge on any atom is -0.506 e. The molecule has 176 valence electrons. The van der Waals surface area contributed by atoms with Crippen molar-refractivity contribution in [1.29, 1.82) is 0 Å². The van der Waals surface area contributed by atoms with E-state index in [4.69, 9.17) is 5.11 Å². The van der Waals surface area contributed by atoms with Gasteiger partial charge in [-0.25, -0.2) is 14.9 Å². The van der Waals surface area contributed by atoms with E-state index in [1.54, 1.807) is 47.3 Å². The molecule has 0 aliphatic carbocycles. The van der Waals surface area contributed by atoms with E-state index in [0.29, 0.717) is 22.3 Å². The van der Waals surface area contributed by atoms with Gasteiger partial charge < -0.3 is 10.2 Å². The number of benzene rings is 4. The van der Waals surface area contributed by atoms with Gasteiger partial charge in [0, 0.05) is 22.7 Å². The van der Waals surface area contributed by atoms with Gasteiger partial charge in [0.05, 0.1) is 23.0 Å². The third-order valence-corrected chi connectivity index (χ3v) is 5.68. The minimum absolute atomic E-state index is 0.108. The highest BCUT2D eigenvalue weighted by molar-refractivity contribution is 6.04. The molecule has 0 aliphatic heterocycles. The summed E-state index contributed by atoms with van der Waals surface area (Å²) >= 11 is 0. The van der Waals surface area contributed by atoms with Crippen LogP contribution in [0.3, 0.4) is 0 Å². The van der Waals surface area contributed by atoms with Gasteiger partial charge in [0.15, 0.2) is 0 Å². The number of hydrogen-bond acceptors (Lipinski definition) is 5. The van der Waals surface area contributed by atoms with Crippen molar-refractivity contribution in [2.75, 3.05) is 0 Å². The summed E-state index contributed by atoms with van der Waals surface area (Å²) in [4.78, 5) is 23.9. The van der Waals surface area contributed by atoms with Crippen LogP contribution in [0.5, 0.6) is 5.75 Å². The van der Waals surface area contributed by atoms with Gasteiger partial charge in [-0.2, -0.15) is 10.2 Å². The SMILES string of the molecule is O=C(O)c1ccc(-n2cc(/C=N/NC(=O)c3ccc4ccccc4c3O)c(-c3ccccc3)n2)cc1. The molecule has 5 rings (SSSR count). The van der Waals surface area contributed by atoms with Crippen molar-refractivity contribution < 1.29 is 19.8 Å². The van der Waals surface area contributed by atoms with Crippen molar-refractivity contribution in [3.05, 3.63) is 114 Å². The minimum atomic E-state index is -1.01. The van der Waals surface area contributed by atoms with Gasteiger partial charge in [0.25, 0.3) is 5.91 Å². The highest BCUT2D eigenvalue weighted by Gasteiger charge is 2.14. The van der Waals surface area contributed by atoms with Crippen molar-refractivity contribution in [1.82, 2.24) is 15.2 Å². The number of carbonyl (C=O) groups excluding carboxylic acids is 1. The number of phenols is 1. The fraction of sp³-hybridized carbons (Fsp3) is 0. The summed E-state index contributed by atoms with van der Waals surface area (Å²) in [5.74, 6) is -1.66. The number of hydrogen-bond donors (Lipinski definition) is 3. The Morgan fingerprint density at radius 1 is 0.889 bits per heavy atom. The third-order valence-electron chi connectivity index (χ3n) is 5.68. The highest BCUT2D eigenvalue weighted by Crippen LogP contribution is 2.28. The molecule has 0 bridgehead atoms. The number of nitrogens with one attached hydrogen (secondary N) is 1. The molecule has 8 nitrogen and oxygen atoms in total. The number of aromatic nitrogens is 2. The molecule has 3 N–H and O–H groups in total. The number of carbonyl (C=O) groups is 2. The molecule has 0 atom stereocenters. The molecular formula is C28H20N4O4. The Labute approximate surface area is 205 Å². The first-order chi connectivity index (χ1) is 17.5. The Morgan fingerprint density at radius 3 is 2.36 bits per heavy atom. The number of carboxylic acid groups (broad SMARTS) is 1. The molecule has 0 spiro atoms. The maximum absolute atomic E-state index is 12.7. The smallest absolute Gasteiger partial charge is 0.335 e. The van der Waals surface area contributed by atoms with Crippen LogP contribution < -0.4 is 5.43 Å². The predicted molar refractivity (Wildman–Crippen MR) is 137 cm³/mol. The van der Waals surface area contributed by atoms with Crippen LogP contribution in [0.15, 0.2) is 102 Å². The predicted octanol–water partition coefficient (Wildman–Crippen LogP) is 4.86. The summed E-state index contributed by atoms with van der Waals surface area (Å²) in [5, 5.41) is 29.9. The lowest BCUT2D eigenvalue weighted by atomic mass is 10.1. The van der Waals surface area contributed by atoms with Gasteiger partial charge in [-0.05, 0) is 35.7 Å². The normalized spacial score (nSPS) is 11.1. The van der Waals surface area contributed by atoms with Crippen molar-refractivity contribution in [2.45, 2.75) is 0 Å². The third kappa shape index (κ3) is 4.43. The van der Waals surface area contributed by atoms with Crippen molar-refractivity contribution in [3.8, 4) is 22.7 Å². The van der Waals surface area contributed by atoms with Crippen LogP contribution in [0.2, 0.25) is 0 Å². The molecule has 5 aromatic rings. The summed E-state index contributed by atoms with van der Waals surface area (Å²) in [6, 6.07) is 26.4. The van der Waals surface area contributed by atoms with Crippen LogP contribution in [0.1, 0.15) is 26.3 Å². The summed E-state index contributed by atoms with van der Waals surface area (Å²) in [6.45, 7) is 0. The van der Waals surface area contributed by atoms with E-state index in [1.165, 1.54) is 18.3 Å². The van der Waals surface area contributed by atoms with Gasteiger partial charge in [-0.3, -0.25) is 4.79 Å². The first kappa shape index (κ1) is 22.5. The zero-order chi connectivity index (χ0) is 25.1. The molecule has 8 heteroatoms. The lowest BCUT2D eigenvalue weighted by Gasteiger charge is -2.06. The van der Waals surface area contributed by atoms with Crippen molar-refractivity contribution in [2.24, 2.45) is 5.10 Å². The van der Waals surface area contributed by atoms with Crippen molar-refractivity contribution in [3.63, 3.8) is 0 Å². The van der Waals surface area contributed by atoms with E-state index < -0.39 is 11.9 Å². The maximum Gasteiger partial charge on any atom is 0.335 e. The number of amides is 1. The molecule has 0 saturated carbocycles. The molecule has 36 heavy (non-hydrogen) atoms. The summed E-state index contributed by atoms with van der Waals surface area (Å²) in [7, 11) is 0. The molecule has 0 unspecified atom stereocenters. The lowest BCUT2D eigenvalue weighted by molar-refractivity contribution is 0.0696. The zero-order valence-electron chi connectivity index (χ0n) is 18.9. The first-order valence-corrected chi connectivity index (χ1v) is 11.0. The van der Waals surface area contributed by atoms with Gasteiger partial charge in [-0.1, -0.05) is 60.7 Å². The molecule has 4 aromatic carbocycles. The van der Waals surface area contributed by atoms with Crippen LogP contribution in [-0.4, -0.2) is 38.1 Å². The monoisotopic (exact) mass is 476 g/mol. The molecule has 1 aromatic heterocycles. The van der Waals surface area contributed by atoms with Crippen LogP contribution in [-0.2, 0) is 0 Å². The number of aromatic hydroxyl groups is 1. The summed E-state index contributed by atoms with van der Waals surface area (Å²) < 4.78 is 1.62. The Hall–Kier alpha value is -5.24. The van der Waals surface area contributed by atoms with Crippen LogP contribution in [0.4, 0.5) is 0 Å². The average Bonchev–Trinajstić information content (AvgIpc) is 3.33. The topological polar surface area (TPSA) is 117 Å². The number of aromatic carboxylic acids is 1. The molecule has 0 fully saturated rings. The zero-order valence-corrected chi connectivity index (χ0v) is 18.9. The largest absolute Gasteiger partial charge is 0.506 e. The van der Waals surface area contributed by atoms with Gasteiger partial charge in [-0.15, -0.1) is 0 Å². The second kappa shape index (κ2) is 9.55. The number of rotatable bonds is 6. The molecular weight excluding hydrogens is 456 g/mol. The highest BCUT2D eigenvalue weighted by atomic mass is 16.4. The average molecular weight is 476 g/mol. The standard InChI is InChI=1S/C28H20N4O4/c33-26-23-9-5-4-6-18(23)12-15-24(26)27(34)30-29-16-21-17-32(22-13-10-20(11-14-22)28(35)36)31-25(21)19-7-2-1-3-8-19/h1-17,33H,(H,30,34)(H,35,36)/b29-16+. The first-order valence-electron chi connectivity index (χ1n) is 11.0.